The van der Waals surface area contributed by atoms with Gasteiger partial charge in [0.25, 0.3) is 5.91 Å². The van der Waals surface area contributed by atoms with Crippen molar-refractivity contribution in [1.82, 2.24) is 10.2 Å². The second-order valence-electron chi connectivity index (χ2n) is 8.03. The molecule has 2 bridgehead atoms. The smallest absolute Gasteiger partial charge is 0.251 e. The molecule has 0 spiro atoms. The first-order valence-electron chi connectivity index (χ1n) is 9.91. The van der Waals surface area contributed by atoms with Gasteiger partial charge in [0.05, 0.1) is 13.2 Å². The van der Waals surface area contributed by atoms with Gasteiger partial charge in [-0.3, -0.25) is 4.79 Å². The van der Waals surface area contributed by atoms with Crippen LogP contribution >= 0.6 is 0 Å². The van der Waals surface area contributed by atoms with Crippen molar-refractivity contribution in [2.45, 2.75) is 50.2 Å². The molecule has 0 aromatic heterocycles. The highest BCUT2D eigenvalue weighted by Crippen LogP contribution is 2.34. The molecule has 4 rings (SSSR count). The first-order valence-corrected chi connectivity index (χ1v) is 9.91. The molecule has 3 aliphatic rings. The average molecular weight is 367 g/mol. The lowest BCUT2D eigenvalue weighted by molar-refractivity contribution is -0.116. The third kappa shape index (κ3) is 3.66. The van der Waals surface area contributed by atoms with Gasteiger partial charge < -0.3 is 20.7 Å². The fourth-order valence-corrected chi connectivity index (χ4v) is 4.75. The lowest BCUT2D eigenvalue weighted by Gasteiger charge is -2.36. The second-order valence-corrected chi connectivity index (χ2v) is 8.03. The van der Waals surface area contributed by atoms with E-state index in [0.717, 1.165) is 37.0 Å². The zero-order valence-electron chi connectivity index (χ0n) is 16.0. The highest BCUT2D eigenvalue weighted by atomic mass is 16.5. The Morgan fingerprint density at radius 2 is 2.04 bits per heavy atom. The highest BCUT2D eigenvalue weighted by molar-refractivity contribution is 6.20. The van der Waals surface area contributed by atoms with E-state index >= 15 is 0 Å². The van der Waals surface area contributed by atoms with E-state index in [-0.39, 0.29) is 11.9 Å². The van der Waals surface area contributed by atoms with Gasteiger partial charge in [0.15, 0.2) is 0 Å². The van der Waals surface area contributed by atoms with Crippen LogP contribution in [0, 0.1) is 0 Å². The number of carbonyl (C=O) groups is 1. The number of benzene rings is 1. The molecule has 1 aromatic carbocycles. The standard InChI is InChI=1S/C22H29N3O2/c1-14(22(26)24-17-12-18-4-5-19(13-17)25(18)2)20-6-3-16(11-21(20)23)15-7-9-27-10-8-15/h3,6-7,11,17-19H,1,4-5,8-10,12-13,23H2,2H3,(H,24,26). The van der Waals surface area contributed by atoms with Crippen molar-refractivity contribution in [3.63, 3.8) is 0 Å². The van der Waals surface area contributed by atoms with E-state index in [0.29, 0.717) is 30.0 Å². The summed E-state index contributed by atoms with van der Waals surface area (Å²) in [6.45, 7) is 5.41. The minimum Gasteiger partial charge on any atom is -0.398 e. The fraction of sp³-hybridized carbons (Fsp3) is 0.500. The molecule has 0 radical (unpaired) electrons. The molecular weight excluding hydrogens is 338 g/mol. The zero-order valence-corrected chi connectivity index (χ0v) is 16.0. The number of ether oxygens (including phenoxy) is 1. The summed E-state index contributed by atoms with van der Waals surface area (Å²) in [6, 6.07) is 7.31. The number of fused-ring (bicyclic) bond motifs is 2. The maximum absolute atomic E-state index is 12.8. The number of rotatable bonds is 4. The monoisotopic (exact) mass is 367 g/mol. The second kappa shape index (κ2) is 7.49. The van der Waals surface area contributed by atoms with Gasteiger partial charge in [-0.1, -0.05) is 24.8 Å². The molecule has 144 valence electrons. The highest BCUT2D eigenvalue weighted by Gasteiger charge is 2.38. The lowest BCUT2D eigenvalue weighted by Crippen LogP contribution is -2.48. The van der Waals surface area contributed by atoms with Crippen molar-refractivity contribution >= 4 is 22.7 Å². The number of nitrogens with one attached hydrogen (secondary N) is 1. The number of amides is 1. The van der Waals surface area contributed by atoms with Gasteiger partial charge in [-0.15, -0.1) is 0 Å². The van der Waals surface area contributed by atoms with Crippen molar-refractivity contribution in [3.8, 4) is 0 Å². The number of nitrogens with zero attached hydrogens (tertiary/aromatic N) is 1. The van der Waals surface area contributed by atoms with E-state index in [1.54, 1.807) is 0 Å². The SMILES string of the molecule is C=C(C(=O)NC1CC2CCC(C1)N2C)c1ccc(C2=CCOCC2)cc1N. The first-order chi connectivity index (χ1) is 13.0. The van der Waals surface area contributed by atoms with Crippen LogP contribution < -0.4 is 11.1 Å². The van der Waals surface area contributed by atoms with Crippen LogP contribution in [0.2, 0.25) is 0 Å². The van der Waals surface area contributed by atoms with Gasteiger partial charge in [0.1, 0.15) is 0 Å². The molecule has 5 heteroatoms. The zero-order chi connectivity index (χ0) is 19.0. The Labute approximate surface area is 161 Å². The average Bonchev–Trinajstić information content (AvgIpc) is 2.89. The molecule has 2 atom stereocenters. The Balaban J connectivity index is 1.43. The number of carbonyl (C=O) groups excluding carboxylic acids is 1. The fourth-order valence-electron chi connectivity index (χ4n) is 4.75. The number of hydrogen-bond donors (Lipinski definition) is 2. The number of nitrogens with two attached hydrogens (primary N) is 1. The Morgan fingerprint density at radius 1 is 1.30 bits per heavy atom. The van der Waals surface area contributed by atoms with Crippen LogP contribution in [0.25, 0.3) is 11.1 Å². The first kappa shape index (κ1) is 18.3. The normalized spacial score (nSPS) is 27.9. The number of anilines is 1. The van der Waals surface area contributed by atoms with Crippen molar-refractivity contribution < 1.29 is 9.53 Å². The van der Waals surface area contributed by atoms with Crippen LogP contribution in [0.5, 0.6) is 0 Å². The van der Waals surface area contributed by atoms with Gasteiger partial charge >= 0.3 is 0 Å². The van der Waals surface area contributed by atoms with Gasteiger partial charge in [0, 0.05) is 34.9 Å². The van der Waals surface area contributed by atoms with E-state index in [1.165, 1.54) is 18.4 Å². The van der Waals surface area contributed by atoms with Crippen LogP contribution in [-0.4, -0.2) is 49.2 Å². The summed E-state index contributed by atoms with van der Waals surface area (Å²) in [6.07, 6.45) is 7.51. The Kier molecular flexibility index (Phi) is 5.06. The van der Waals surface area contributed by atoms with Crippen molar-refractivity contribution in [2.24, 2.45) is 0 Å². The van der Waals surface area contributed by atoms with Crippen molar-refractivity contribution in [3.05, 3.63) is 42.0 Å². The molecule has 3 N–H and O–H groups in total. The summed E-state index contributed by atoms with van der Waals surface area (Å²) in [5, 5.41) is 3.20. The summed E-state index contributed by atoms with van der Waals surface area (Å²) in [5.74, 6) is -0.103. The van der Waals surface area contributed by atoms with Crippen LogP contribution in [0.3, 0.4) is 0 Å². The maximum Gasteiger partial charge on any atom is 0.251 e. The Morgan fingerprint density at radius 3 is 2.67 bits per heavy atom. The minimum atomic E-state index is -0.103. The molecule has 1 aromatic rings. The molecule has 3 heterocycles. The molecule has 5 nitrogen and oxygen atoms in total. The summed E-state index contributed by atoms with van der Waals surface area (Å²) in [5.41, 5.74) is 10.4. The van der Waals surface area contributed by atoms with E-state index in [9.17, 15) is 4.79 Å². The predicted molar refractivity (Wildman–Crippen MR) is 109 cm³/mol. The number of nitrogen functional groups attached to an aromatic ring is 1. The van der Waals surface area contributed by atoms with Gasteiger partial charge in [0.2, 0.25) is 0 Å². The molecule has 0 aliphatic carbocycles. The molecule has 1 amide bonds. The summed E-state index contributed by atoms with van der Waals surface area (Å²) in [4.78, 5) is 15.2. The van der Waals surface area contributed by atoms with Crippen molar-refractivity contribution in [1.29, 1.82) is 0 Å². The topological polar surface area (TPSA) is 67.6 Å². The van der Waals surface area contributed by atoms with Crippen molar-refractivity contribution in [2.75, 3.05) is 26.0 Å². The molecule has 0 saturated carbocycles. The van der Waals surface area contributed by atoms with Crippen LogP contribution in [-0.2, 0) is 9.53 Å². The molecule has 3 aliphatic heterocycles. The van der Waals surface area contributed by atoms with Crippen LogP contribution in [0.1, 0.15) is 43.2 Å². The predicted octanol–water partition coefficient (Wildman–Crippen LogP) is 2.83. The summed E-state index contributed by atoms with van der Waals surface area (Å²) < 4.78 is 5.37. The third-order valence-corrected chi connectivity index (χ3v) is 6.42. The molecule has 2 fully saturated rings. The minimum absolute atomic E-state index is 0.103. The molecule has 27 heavy (non-hydrogen) atoms. The Bertz CT molecular complexity index is 772. The van der Waals surface area contributed by atoms with Crippen LogP contribution in [0.4, 0.5) is 5.69 Å². The van der Waals surface area contributed by atoms with Gasteiger partial charge in [-0.25, -0.2) is 0 Å². The van der Waals surface area contributed by atoms with Crippen LogP contribution in [0.15, 0.2) is 30.9 Å². The third-order valence-electron chi connectivity index (χ3n) is 6.42. The number of piperidine rings is 1. The molecule has 2 unspecified atom stereocenters. The number of hydrogen-bond acceptors (Lipinski definition) is 4. The maximum atomic E-state index is 12.8. The largest absolute Gasteiger partial charge is 0.398 e. The molecule has 2 saturated heterocycles. The van der Waals surface area contributed by atoms with Gasteiger partial charge in [-0.05, 0) is 56.4 Å². The van der Waals surface area contributed by atoms with E-state index < -0.39 is 0 Å². The van der Waals surface area contributed by atoms with E-state index in [2.05, 4.69) is 29.9 Å². The summed E-state index contributed by atoms with van der Waals surface area (Å²) in [7, 11) is 2.20. The van der Waals surface area contributed by atoms with E-state index in [4.69, 9.17) is 10.5 Å². The molecular formula is C22H29N3O2. The lowest BCUT2D eigenvalue weighted by atomic mass is 9.95. The summed E-state index contributed by atoms with van der Waals surface area (Å²) >= 11 is 0. The quantitative estimate of drug-likeness (QED) is 0.634. The van der Waals surface area contributed by atoms with Gasteiger partial charge in [-0.2, -0.15) is 0 Å². The van der Waals surface area contributed by atoms with E-state index in [1.807, 2.05) is 18.2 Å². The Hall–Kier alpha value is -2.11.